The molecule has 0 radical (unpaired) electrons. The first-order valence-electron chi connectivity index (χ1n) is 7.61. The van der Waals surface area contributed by atoms with Crippen LogP contribution in [-0.4, -0.2) is 47.2 Å². The van der Waals surface area contributed by atoms with Gasteiger partial charge in [-0.15, -0.1) is 12.4 Å². The van der Waals surface area contributed by atoms with Crippen molar-refractivity contribution in [2.24, 2.45) is 0 Å². The molecule has 0 fully saturated rings. The van der Waals surface area contributed by atoms with E-state index in [0.29, 0.717) is 28.6 Å². The maximum absolute atomic E-state index is 6.06. The Balaban J connectivity index is 0.00000288. The molecular weight excluding hydrogens is 353 g/mol. The lowest BCUT2D eigenvalue weighted by Gasteiger charge is -2.17. The minimum Gasteiger partial charge on any atom is -0.368 e. The van der Waals surface area contributed by atoms with Crippen molar-refractivity contribution in [1.82, 2.24) is 19.9 Å². The summed E-state index contributed by atoms with van der Waals surface area (Å²) in [6, 6.07) is 0. The molecule has 0 aliphatic rings. The highest BCUT2D eigenvalue weighted by molar-refractivity contribution is 6.29. The molecule has 2 rings (SSSR count). The molecule has 134 valence electrons. The Morgan fingerprint density at radius 1 is 0.958 bits per heavy atom. The second-order valence-electron chi connectivity index (χ2n) is 4.94. The Morgan fingerprint density at radius 2 is 1.50 bits per heavy atom. The SMILES string of the molecule is CCCNc1nc(N(C)OC)nc2c(NCCC)nc(Cl)nc12.Cl. The minimum atomic E-state index is 0. The summed E-state index contributed by atoms with van der Waals surface area (Å²) in [4.78, 5) is 22.7. The summed E-state index contributed by atoms with van der Waals surface area (Å²) in [6.45, 7) is 5.68. The van der Waals surface area contributed by atoms with Gasteiger partial charge in [-0.2, -0.15) is 9.97 Å². The van der Waals surface area contributed by atoms with Crippen LogP contribution in [-0.2, 0) is 4.84 Å². The highest BCUT2D eigenvalue weighted by atomic mass is 35.5. The fourth-order valence-electron chi connectivity index (χ4n) is 1.93. The molecule has 24 heavy (non-hydrogen) atoms. The van der Waals surface area contributed by atoms with E-state index < -0.39 is 0 Å². The van der Waals surface area contributed by atoms with Crippen molar-refractivity contribution >= 4 is 52.6 Å². The molecule has 10 heteroatoms. The summed E-state index contributed by atoms with van der Waals surface area (Å²) in [5.41, 5.74) is 1.20. The number of aromatic nitrogens is 4. The summed E-state index contributed by atoms with van der Waals surface area (Å²) in [5, 5.41) is 8.13. The molecule has 8 nitrogen and oxygen atoms in total. The number of nitrogens with zero attached hydrogens (tertiary/aromatic N) is 5. The van der Waals surface area contributed by atoms with E-state index in [2.05, 4.69) is 44.4 Å². The fourth-order valence-corrected chi connectivity index (χ4v) is 2.10. The van der Waals surface area contributed by atoms with Crippen LogP contribution >= 0.6 is 24.0 Å². The largest absolute Gasteiger partial charge is 0.368 e. The quantitative estimate of drug-likeness (QED) is 0.537. The molecule has 0 aromatic carbocycles. The standard InChI is InChI=1S/C14H22ClN7O.ClH/c1-5-7-16-11-10-9(18-13(15)20-11)12(17-8-6-2)21-14(19-10)22(3)23-4;/h5-8H2,1-4H3,(H,16,18,20)(H,17,19,21);1H. The molecule has 0 aliphatic heterocycles. The number of hydrogen-bond donors (Lipinski definition) is 2. The summed E-state index contributed by atoms with van der Waals surface area (Å²) < 4.78 is 0. The summed E-state index contributed by atoms with van der Waals surface area (Å²) in [7, 11) is 3.29. The number of halogens is 2. The Kier molecular flexibility index (Phi) is 8.17. The number of hydroxylamine groups is 1. The van der Waals surface area contributed by atoms with Crippen LogP contribution < -0.4 is 15.7 Å². The zero-order valence-corrected chi connectivity index (χ0v) is 15.8. The summed E-state index contributed by atoms with van der Waals surface area (Å²) in [6.07, 6.45) is 1.92. The van der Waals surface area contributed by atoms with Crippen molar-refractivity contribution in [1.29, 1.82) is 0 Å². The van der Waals surface area contributed by atoms with E-state index in [1.807, 2.05) is 0 Å². The monoisotopic (exact) mass is 375 g/mol. The van der Waals surface area contributed by atoms with E-state index >= 15 is 0 Å². The molecule has 0 unspecified atom stereocenters. The van der Waals surface area contributed by atoms with E-state index in [1.165, 1.54) is 5.06 Å². The maximum atomic E-state index is 6.06. The summed E-state index contributed by atoms with van der Waals surface area (Å²) in [5.74, 6) is 1.62. The van der Waals surface area contributed by atoms with Gasteiger partial charge in [0.15, 0.2) is 11.6 Å². The highest BCUT2D eigenvalue weighted by Gasteiger charge is 2.17. The first-order valence-corrected chi connectivity index (χ1v) is 7.99. The number of nitrogens with one attached hydrogen (secondary N) is 2. The van der Waals surface area contributed by atoms with Gasteiger partial charge in [-0.1, -0.05) is 13.8 Å². The second-order valence-corrected chi connectivity index (χ2v) is 5.28. The molecular formula is C14H23Cl2N7O. The molecule has 2 aromatic heterocycles. The van der Waals surface area contributed by atoms with Crippen LogP contribution in [0.3, 0.4) is 0 Å². The second kappa shape index (κ2) is 9.61. The van der Waals surface area contributed by atoms with E-state index in [1.54, 1.807) is 14.2 Å². The van der Waals surface area contributed by atoms with Gasteiger partial charge in [-0.05, 0) is 24.4 Å². The third kappa shape index (κ3) is 4.68. The first kappa shape index (κ1) is 20.4. The van der Waals surface area contributed by atoms with Gasteiger partial charge in [0.05, 0.1) is 7.11 Å². The average molecular weight is 376 g/mol. The van der Waals surface area contributed by atoms with Crippen LogP contribution in [0.4, 0.5) is 17.6 Å². The third-order valence-corrected chi connectivity index (χ3v) is 3.31. The lowest BCUT2D eigenvalue weighted by Crippen LogP contribution is -2.19. The van der Waals surface area contributed by atoms with Crippen LogP contribution in [0.15, 0.2) is 0 Å². The van der Waals surface area contributed by atoms with Gasteiger partial charge in [0.25, 0.3) is 5.95 Å². The van der Waals surface area contributed by atoms with Crippen LogP contribution in [0.5, 0.6) is 0 Å². The van der Waals surface area contributed by atoms with Crippen molar-refractivity contribution in [3.63, 3.8) is 0 Å². The Morgan fingerprint density at radius 3 is 2.04 bits per heavy atom. The molecule has 2 N–H and O–H groups in total. The van der Waals surface area contributed by atoms with Gasteiger partial charge in [-0.25, -0.2) is 15.0 Å². The minimum absolute atomic E-state index is 0. The van der Waals surface area contributed by atoms with Crippen LogP contribution in [0.2, 0.25) is 5.28 Å². The smallest absolute Gasteiger partial charge is 0.252 e. The van der Waals surface area contributed by atoms with Gasteiger partial charge in [0.1, 0.15) is 11.0 Å². The maximum Gasteiger partial charge on any atom is 0.252 e. The molecule has 0 saturated carbocycles. The molecule has 0 aliphatic carbocycles. The Labute approximate surface area is 152 Å². The van der Waals surface area contributed by atoms with E-state index in [9.17, 15) is 0 Å². The highest BCUT2D eigenvalue weighted by Crippen LogP contribution is 2.27. The van der Waals surface area contributed by atoms with Gasteiger partial charge in [0, 0.05) is 20.1 Å². The molecule has 0 atom stereocenters. The summed E-state index contributed by atoms with van der Waals surface area (Å²) >= 11 is 6.06. The average Bonchev–Trinajstić information content (AvgIpc) is 2.56. The van der Waals surface area contributed by atoms with E-state index in [4.69, 9.17) is 16.4 Å². The van der Waals surface area contributed by atoms with Crippen molar-refractivity contribution < 1.29 is 4.84 Å². The lowest BCUT2D eigenvalue weighted by molar-refractivity contribution is 0.180. The normalized spacial score (nSPS) is 10.4. The Bertz CT molecular complexity index is 671. The van der Waals surface area contributed by atoms with E-state index in [-0.39, 0.29) is 17.7 Å². The number of hydrogen-bond acceptors (Lipinski definition) is 8. The first-order chi connectivity index (χ1) is 11.1. The number of fused-ring (bicyclic) bond motifs is 1. The van der Waals surface area contributed by atoms with Gasteiger partial charge >= 0.3 is 0 Å². The molecule has 2 heterocycles. The molecule has 0 spiro atoms. The Hall–Kier alpha value is -1.64. The van der Waals surface area contributed by atoms with Gasteiger partial charge in [0.2, 0.25) is 5.28 Å². The fraction of sp³-hybridized carbons (Fsp3) is 0.571. The predicted octanol–water partition coefficient (Wildman–Crippen LogP) is 3.14. The molecule has 2 aromatic rings. The van der Waals surface area contributed by atoms with E-state index in [0.717, 1.165) is 25.9 Å². The molecule has 0 bridgehead atoms. The molecule has 0 amide bonds. The lowest BCUT2D eigenvalue weighted by atomic mass is 10.3. The van der Waals surface area contributed by atoms with Crippen molar-refractivity contribution in [2.45, 2.75) is 26.7 Å². The van der Waals surface area contributed by atoms with Crippen molar-refractivity contribution in [3.8, 4) is 0 Å². The third-order valence-electron chi connectivity index (χ3n) is 3.15. The number of anilines is 3. The zero-order valence-electron chi connectivity index (χ0n) is 14.3. The predicted molar refractivity (Wildman–Crippen MR) is 100 cm³/mol. The van der Waals surface area contributed by atoms with Crippen molar-refractivity contribution in [3.05, 3.63) is 5.28 Å². The molecule has 0 saturated heterocycles. The van der Waals surface area contributed by atoms with Gasteiger partial charge in [-0.3, -0.25) is 4.84 Å². The van der Waals surface area contributed by atoms with Crippen LogP contribution in [0.1, 0.15) is 26.7 Å². The van der Waals surface area contributed by atoms with Gasteiger partial charge < -0.3 is 10.6 Å². The van der Waals surface area contributed by atoms with Crippen molar-refractivity contribution in [2.75, 3.05) is 42.9 Å². The topological polar surface area (TPSA) is 88.1 Å². The number of rotatable bonds is 8. The van der Waals surface area contributed by atoms with Crippen LogP contribution in [0.25, 0.3) is 11.0 Å². The zero-order chi connectivity index (χ0) is 16.8. The van der Waals surface area contributed by atoms with Crippen LogP contribution in [0, 0.1) is 0 Å².